The number of aromatic nitrogens is 1. The zero-order valence-electron chi connectivity index (χ0n) is 13.7. The van der Waals surface area contributed by atoms with Gasteiger partial charge in [0.15, 0.2) is 0 Å². The number of primary amides is 1. The molecule has 0 bridgehead atoms. The predicted octanol–water partition coefficient (Wildman–Crippen LogP) is 3.23. The van der Waals surface area contributed by atoms with E-state index in [0.717, 1.165) is 28.2 Å². The van der Waals surface area contributed by atoms with E-state index in [9.17, 15) is 9.59 Å². The monoisotopic (exact) mass is 331 g/mol. The van der Waals surface area contributed by atoms with Crippen LogP contribution in [0.4, 0.5) is 11.4 Å². The van der Waals surface area contributed by atoms with E-state index < -0.39 is 11.8 Å². The number of fused-ring (bicyclic) bond motifs is 1. The predicted molar refractivity (Wildman–Crippen MR) is 95.9 cm³/mol. The number of nitrogens with one attached hydrogen (secondary N) is 1. The molecule has 1 aliphatic heterocycles. The quantitative estimate of drug-likeness (QED) is 0.773. The van der Waals surface area contributed by atoms with Crippen LogP contribution in [0.1, 0.15) is 33.1 Å². The van der Waals surface area contributed by atoms with E-state index in [1.165, 1.54) is 0 Å². The van der Waals surface area contributed by atoms with Crippen LogP contribution in [0.3, 0.4) is 0 Å². The highest BCUT2D eigenvalue weighted by Crippen LogP contribution is 2.44. The van der Waals surface area contributed by atoms with E-state index in [0.29, 0.717) is 5.56 Å². The van der Waals surface area contributed by atoms with E-state index in [1.807, 2.05) is 43.3 Å². The summed E-state index contributed by atoms with van der Waals surface area (Å²) in [5.74, 6) is -1.04. The molecule has 0 saturated heterocycles. The lowest BCUT2D eigenvalue weighted by atomic mass is 9.95. The fraction of sp³-hybridized carbons (Fsp3) is 0.100. The minimum Gasteiger partial charge on any atom is -0.366 e. The molecule has 0 spiro atoms. The summed E-state index contributed by atoms with van der Waals surface area (Å²) in [7, 11) is 0. The highest BCUT2D eigenvalue weighted by Gasteiger charge is 2.40. The Morgan fingerprint density at radius 1 is 1.12 bits per heavy atom. The van der Waals surface area contributed by atoms with Crippen molar-refractivity contribution in [1.29, 1.82) is 0 Å². The normalized spacial score (nSPS) is 16.1. The van der Waals surface area contributed by atoms with Crippen molar-refractivity contribution in [3.8, 4) is 0 Å². The number of nitrogens with zero attached hydrogens (tertiary/aromatic N) is 1. The molecule has 2 heterocycles. The smallest absolute Gasteiger partial charge is 0.248 e. The third-order valence-corrected chi connectivity index (χ3v) is 4.56. The molecule has 5 heteroatoms. The van der Waals surface area contributed by atoms with Crippen LogP contribution in [0.25, 0.3) is 0 Å². The summed E-state index contributed by atoms with van der Waals surface area (Å²) >= 11 is 0. The van der Waals surface area contributed by atoms with Gasteiger partial charge in [-0.2, -0.15) is 0 Å². The fourth-order valence-electron chi connectivity index (χ4n) is 3.31. The molecule has 1 aliphatic rings. The lowest BCUT2D eigenvalue weighted by molar-refractivity contribution is -0.117. The summed E-state index contributed by atoms with van der Waals surface area (Å²) < 4.78 is 0. The van der Waals surface area contributed by atoms with Crippen molar-refractivity contribution in [3.05, 3.63) is 83.2 Å². The van der Waals surface area contributed by atoms with Gasteiger partial charge in [-0.05, 0) is 55.0 Å². The van der Waals surface area contributed by atoms with Gasteiger partial charge in [0.2, 0.25) is 11.8 Å². The number of aryl methyl sites for hydroxylation is 1. The van der Waals surface area contributed by atoms with Gasteiger partial charge in [0.25, 0.3) is 0 Å². The Balaban J connectivity index is 1.90. The maximum atomic E-state index is 13.2. The molecule has 0 saturated carbocycles. The Hall–Kier alpha value is -3.34. The number of rotatable bonds is 3. The van der Waals surface area contributed by atoms with Gasteiger partial charge in [-0.15, -0.1) is 0 Å². The number of benzene rings is 2. The molecule has 0 radical (unpaired) electrons. The molecule has 3 aromatic rings. The molecule has 1 unspecified atom stereocenters. The summed E-state index contributed by atoms with van der Waals surface area (Å²) in [6.07, 6.45) is 1.79. The van der Waals surface area contributed by atoms with E-state index in [1.54, 1.807) is 29.3 Å². The Kier molecular flexibility index (Phi) is 3.42. The number of nitrogens with two attached hydrogens (primary N) is 1. The molecule has 5 nitrogen and oxygen atoms in total. The minimum atomic E-state index is -0.505. The Morgan fingerprint density at radius 2 is 1.88 bits per heavy atom. The van der Waals surface area contributed by atoms with Crippen LogP contribution in [0.15, 0.2) is 60.8 Å². The van der Waals surface area contributed by atoms with Gasteiger partial charge in [-0.3, -0.25) is 14.5 Å². The maximum absolute atomic E-state index is 13.2. The van der Waals surface area contributed by atoms with Crippen molar-refractivity contribution in [2.75, 3.05) is 4.90 Å². The number of H-pyrrole nitrogens is 1. The average Bonchev–Trinajstić information content (AvgIpc) is 3.20. The topological polar surface area (TPSA) is 79.2 Å². The molecule has 2 amide bonds. The van der Waals surface area contributed by atoms with Crippen LogP contribution in [0.5, 0.6) is 0 Å². The Bertz CT molecular complexity index is 959. The van der Waals surface area contributed by atoms with Gasteiger partial charge in [-0.1, -0.05) is 17.7 Å². The summed E-state index contributed by atoms with van der Waals surface area (Å²) in [5.41, 5.74) is 10.1. The van der Waals surface area contributed by atoms with Gasteiger partial charge in [0, 0.05) is 23.1 Å². The number of carbonyl (C=O) groups is 2. The van der Waals surface area contributed by atoms with Crippen molar-refractivity contribution in [1.82, 2.24) is 4.98 Å². The van der Waals surface area contributed by atoms with Crippen molar-refractivity contribution in [3.63, 3.8) is 0 Å². The first-order valence-electron chi connectivity index (χ1n) is 8.04. The molecular formula is C20H17N3O2. The summed E-state index contributed by atoms with van der Waals surface area (Å²) in [4.78, 5) is 29.6. The second-order valence-corrected chi connectivity index (χ2v) is 6.21. The summed E-state index contributed by atoms with van der Waals surface area (Å²) in [6, 6.07) is 16.7. The highest BCUT2D eigenvalue weighted by molar-refractivity contribution is 6.12. The van der Waals surface area contributed by atoms with Gasteiger partial charge in [0.1, 0.15) is 5.92 Å². The number of hydrogen-bond donors (Lipinski definition) is 2. The molecule has 1 atom stereocenters. The zero-order chi connectivity index (χ0) is 17.6. The van der Waals surface area contributed by atoms with E-state index in [4.69, 9.17) is 5.73 Å². The zero-order valence-corrected chi connectivity index (χ0v) is 13.7. The van der Waals surface area contributed by atoms with Crippen molar-refractivity contribution in [2.45, 2.75) is 12.8 Å². The summed E-state index contributed by atoms with van der Waals surface area (Å²) in [5, 5.41) is 0. The molecule has 2 aromatic carbocycles. The van der Waals surface area contributed by atoms with Crippen LogP contribution in [-0.2, 0) is 4.79 Å². The molecule has 0 aliphatic carbocycles. The minimum absolute atomic E-state index is 0.0528. The number of aromatic amines is 1. The highest BCUT2D eigenvalue weighted by atomic mass is 16.2. The molecule has 3 N–H and O–H groups in total. The maximum Gasteiger partial charge on any atom is 0.248 e. The van der Waals surface area contributed by atoms with Gasteiger partial charge >= 0.3 is 0 Å². The molecule has 0 fully saturated rings. The standard InChI is InChI=1S/C20H17N3O2/c1-12-4-7-14(8-5-12)23-17-9-6-13(19(21)24)11-15(17)18(20(23)25)16-3-2-10-22-16/h2-11,18,22H,1H3,(H2,21,24). The van der Waals surface area contributed by atoms with Crippen LogP contribution in [0.2, 0.25) is 0 Å². The molecular weight excluding hydrogens is 314 g/mol. The number of amides is 2. The van der Waals surface area contributed by atoms with Crippen molar-refractivity contribution < 1.29 is 9.59 Å². The largest absolute Gasteiger partial charge is 0.366 e. The van der Waals surface area contributed by atoms with Crippen molar-refractivity contribution >= 4 is 23.2 Å². The molecule has 1 aromatic heterocycles. The second-order valence-electron chi connectivity index (χ2n) is 6.21. The van der Waals surface area contributed by atoms with Gasteiger partial charge in [0.05, 0.1) is 5.69 Å². The lowest BCUT2D eigenvalue weighted by Gasteiger charge is -2.18. The molecule has 4 rings (SSSR count). The first-order valence-corrected chi connectivity index (χ1v) is 8.04. The Morgan fingerprint density at radius 3 is 2.52 bits per heavy atom. The molecule has 124 valence electrons. The first kappa shape index (κ1) is 15.2. The number of anilines is 2. The first-order chi connectivity index (χ1) is 12.1. The van der Waals surface area contributed by atoms with E-state index in [2.05, 4.69) is 4.98 Å². The fourth-order valence-corrected chi connectivity index (χ4v) is 3.31. The third kappa shape index (κ3) is 2.41. The van der Waals surface area contributed by atoms with Crippen LogP contribution in [-0.4, -0.2) is 16.8 Å². The van der Waals surface area contributed by atoms with Crippen molar-refractivity contribution in [2.24, 2.45) is 5.73 Å². The van der Waals surface area contributed by atoms with Crippen LogP contribution < -0.4 is 10.6 Å². The Labute approximate surface area is 145 Å². The SMILES string of the molecule is Cc1ccc(N2C(=O)C(c3ccc[nH]3)c3cc(C(N)=O)ccc32)cc1. The lowest BCUT2D eigenvalue weighted by Crippen LogP contribution is -2.24. The van der Waals surface area contributed by atoms with E-state index >= 15 is 0 Å². The average molecular weight is 331 g/mol. The third-order valence-electron chi connectivity index (χ3n) is 4.56. The summed E-state index contributed by atoms with van der Waals surface area (Å²) in [6.45, 7) is 2.00. The second kappa shape index (κ2) is 5.63. The van der Waals surface area contributed by atoms with Crippen LogP contribution in [0, 0.1) is 6.92 Å². The number of carbonyl (C=O) groups excluding carboxylic acids is 2. The number of hydrogen-bond acceptors (Lipinski definition) is 2. The van der Waals surface area contributed by atoms with Crippen LogP contribution >= 0.6 is 0 Å². The van der Waals surface area contributed by atoms with Gasteiger partial charge < -0.3 is 10.7 Å². The molecule has 25 heavy (non-hydrogen) atoms. The van der Waals surface area contributed by atoms with Gasteiger partial charge in [-0.25, -0.2) is 0 Å². The van der Waals surface area contributed by atoms with E-state index in [-0.39, 0.29) is 5.91 Å².